The van der Waals surface area contributed by atoms with Crippen LogP contribution < -0.4 is 5.32 Å². The Bertz CT molecular complexity index is 1070. The zero-order chi connectivity index (χ0) is 21.2. The number of halogens is 1. The maximum Gasteiger partial charge on any atom is 0.228 e. The fourth-order valence-corrected chi connectivity index (χ4v) is 4.90. The fraction of sp³-hybridized carbons (Fsp3) is 0.458. The molecule has 2 aliphatic rings. The number of amides is 1. The van der Waals surface area contributed by atoms with Gasteiger partial charge in [0.15, 0.2) is 0 Å². The summed E-state index contributed by atoms with van der Waals surface area (Å²) in [4.78, 5) is 19.6. The molecule has 1 saturated heterocycles. The summed E-state index contributed by atoms with van der Waals surface area (Å²) in [6, 6.07) is 10.8. The zero-order valence-corrected chi connectivity index (χ0v) is 17.6. The second-order valence-electron chi connectivity index (χ2n) is 8.78. The summed E-state index contributed by atoms with van der Waals surface area (Å²) in [5.41, 5.74) is 1.83. The van der Waals surface area contributed by atoms with Crippen LogP contribution in [0.3, 0.4) is 0 Å². The fourth-order valence-electron chi connectivity index (χ4n) is 4.90. The van der Waals surface area contributed by atoms with E-state index in [4.69, 9.17) is 4.98 Å². The van der Waals surface area contributed by atoms with Crippen LogP contribution >= 0.6 is 0 Å². The largest absolute Gasteiger partial charge is 0.311 e. The molecule has 1 aliphatic carbocycles. The first-order valence-electron chi connectivity index (χ1n) is 11.3. The number of hydrogen-bond acceptors (Lipinski definition) is 4. The lowest BCUT2D eigenvalue weighted by atomic mass is 10.0. The molecule has 7 heteroatoms. The van der Waals surface area contributed by atoms with Gasteiger partial charge < -0.3 is 5.32 Å². The summed E-state index contributed by atoms with van der Waals surface area (Å²) in [6.07, 6.45) is 8.03. The molecule has 0 bridgehead atoms. The van der Waals surface area contributed by atoms with E-state index in [1.165, 1.54) is 12.1 Å². The number of nitrogens with zero attached hydrogens (tertiary/aromatic N) is 4. The van der Waals surface area contributed by atoms with Crippen molar-refractivity contribution < 1.29 is 9.18 Å². The third-order valence-electron chi connectivity index (χ3n) is 6.65. The molecule has 0 spiro atoms. The minimum atomic E-state index is -0.235. The summed E-state index contributed by atoms with van der Waals surface area (Å²) >= 11 is 0. The number of benzene rings is 1. The molecule has 1 N–H and O–H groups in total. The van der Waals surface area contributed by atoms with Gasteiger partial charge in [0.25, 0.3) is 0 Å². The molecule has 2 aromatic heterocycles. The molecule has 0 unspecified atom stereocenters. The molecule has 1 amide bonds. The Morgan fingerprint density at radius 1 is 1.06 bits per heavy atom. The minimum absolute atomic E-state index is 0.138. The lowest BCUT2D eigenvalue weighted by molar-refractivity contribution is -0.119. The number of nitrogens with one attached hydrogen (secondary N) is 1. The van der Waals surface area contributed by atoms with Gasteiger partial charge in [-0.3, -0.25) is 14.7 Å². The average Bonchev–Trinajstić information content (AvgIpc) is 3.47. The highest BCUT2D eigenvalue weighted by Crippen LogP contribution is 2.29. The van der Waals surface area contributed by atoms with E-state index < -0.39 is 0 Å². The van der Waals surface area contributed by atoms with Crippen LogP contribution in [0.2, 0.25) is 0 Å². The van der Waals surface area contributed by atoms with Gasteiger partial charge in [-0.05, 0) is 49.9 Å². The van der Waals surface area contributed by atoms with E-state index in [9.17, 15) is 9.18 Å². The molecule has 3 heterocycles. The van der Waals surface area contributed by atoms with Gasteiger partial charge in [0, 0.05) is 37.0 Å². The normalized spacial score (nSPS) is 18.6. The lowest BCUT2D eigenvalue weighted by Crippen LogP contribution is -2.35. The van der Waals surface area contributed by atoms with E-state index >= 15 is 0 Å². The third kappa shape index (κ3) is 4.46. The highest BCUT2D eigenvalue weighted by atomic mass is 19.1. The Kier molecular flexibility index (Phi) is 5.68. The maximum atomic E-state index is 13.4. The van der Waals surface area contributed by atoms with E-state index in [1.54, 1.807) is 12.3 Å². The van der Waals surface area contributed by atoms with Crippen LogP contribution in [0, 0.1) is 11.7 Å². The van der Waals surface area contributed by atoms with Crippen LogP contribution in [-0.2, 0) is 11.3 Å². The van der Waals surface area contributed by atoms with Crippen molar-refractivity contribution in [3.05, 3.63) is 54.1 Å². The Morgan fingerprint density at radius 3 is 2.68 bits per heavy atom. The summed E-state index contributed by atoms with van der Waals surface area (Å²) in [5.74, 6) is 0.871. The smallest absolute Gasteiger partial charge is 0.228 e. The molecule has 1 aliphatic heterocycles. The number of anilines is 1. The first-order chi connectivity index (χ1) is 15.2. The van der Waals surface area contributed by atoms with Crippen molar-refractivity contribution in [2.24, 2.45) is 5.92 Å². The molecule has 0 atom stereocenters. The van der Waals surface area contributed by atoms with Crippen LogP contribution in [0.4, 0.5) is 10.2 Å². The van der Waals surface area contributed by atoms with Crippen molar-refractivity contribution in [3.8, 4) is 0 Å². The molecule has 6 nitrogen and oxygen atoms in total. The van der Waals surface area contributed by atoms with Gasteiger partial charge >= 0.3 is 0 Å². The number of piperidine rings is 1. The van der Waals surface area contributed by atoms with Crippen molar-refractivity contribution in [3.63, 3.8) is 0 Å². The van der Waals surface area contributed by atoms with Gasteiger partial charge in [0.2, 0.25) is 5.91 Å². The van der Waals surface area contributed by atoms with Gasteiger partial charge in [-0.25, -0.2) is 9.07 Å². The summed E-state index contributed by atoms with van der Waals surface area (Å²) < 4.78 is 15.4. The number of aromatic nitrogens is 3. The topological polar surface area (TPSA) is 63.1 Å². The summed E-state index contributed by atoms with van der Waals surface area (Å²) in [7, 11) is 0. The second kappa shape index (κ2) is 8.75. The van der Waals surface area contributed by atoms with Crippen molar-refractivity contribution in [2.45, 2.75) is 51.1 Å². The van der Waals surface area contributed by atoms with Crippen molar-refractivity contribution in [2.75, 3.05) is 18.4 Å². The molecular weight excluding hydrogens is 393 g/mol. The number of carbonyl (C=O) groups is 1. The highest BCUT2D eigenvalue weighted by molar-refractivity contribution is 5.91. The predicted octanol–water partition coefficient (Wildman–Crippen LogP) is 4.54. The Morgan fingerprint density at radius 2 is 1.87 bits per heavy atom. The SMILES string of the molecule is O=C(Nc1ccnn1C1CCN(Cc2ccc3cc(F)ccc3n2)CC1)C1CCCC1. The third-order valence-corrected chi connectivity index (χ3v) is 6.65. The molecule has 5 rings (SSSR count). The van der Waals surface area contributed by atoms with Crippen LogP contribution in [0.25, 0.3) is 10.9 Å². The minimum Gasteiger partial charge on any atom is -0.311 e. The standard InChI is InChI=1S/C24H28FN5O/c25-19-6-8-22-18(15-19)5-7-20(27-22)16-29-13-10-21(11-14-29)30-23(9-12-26-30)28-24(31)17-3-1-2-4-17/h5-9,12,15,17,21H,1-4,10-11,13-14,16H2,(H,28,31). The van der Waals surface area contributed by atoms with Gasteiger partial charge in [0.1, 0.15) is 11.6 Å². The Labute approximate surface area is 181 Å². The van der Waals surface area contributed by atoms with Crippen LogP contribution in [0.15, 0.2) is 42.6 Å². The van der Waals surface area contributed by atoms with E-state index in [0.29, 0.717) is 0 Å². The van der Waals surface area contributed by atoms with Crippen LogP contribution in [0.1, 0.15) is 50.3 Å². The molecular formula is C24H28FN5O. The zero-order valence-electron chi connectivity index (χ0n) is 17.6. The predicted molar refractivity (Wildman–Crippen MR) is 118 cm³/mol. The van der Waals surface area contributed by atoms with E-state index in [1.807, 2.05) is 22.9 Å². The first kappa shape index (κ1) is 20.1. The quantitative estimate of drug-likeness (QED) is 0.657. The monoisotopic (exact) mass is 421 g/mol. The number of rotatable bonds is 5. The van der Waals surface area contributed by atoms with Crippen molar-refractivity contribution >= 4 is 22.6 Å². The molecule has 1 aromatic carbocycles. The van der Waals surface area contributed by atoms with Gasteiger partial charge in [-0.2, -0.15) is 5.10 Å². The molecule has 162 valence electrons. The number of pyridine rings is 1. The first-order valence-corrected chi connectivity index (χ1v) is 11.3. The van der Waals surface area contributed by atoms with Crippen molar-refractivity contribution in [1.82, 2.24) is 19.7 Å². The number of fused-ring (bicyclic) bond motifs is 1. The number of carbonyl (C=O) groups excluding carboxylic acids is 1. The second-order valence-corrected chi connectivity index (χ2v) is 8.78. The molecule has 2 fully saturated rings. The average molecular weight is 422 g/mol. The molecule has 0 radical (unpaired) electrons. The molecule has 31 heavy (non-hydrogen) atoms. The van der Waals surface area contributed by atoms with Gasteiger partial charge in [-0.1, -0.05) is 18.9 Å². The number of hydrogen-bond donors (Lipinski definition) is 1. The summed E-state index contributed by atoms with van der Waals surface area (Å²) in [5, 5.41) is 8.45. The maximum absolute atomic E-state index is 13.4. The van der Waals surface area contributed by atoms with Crippen LogP contribution in [0.5, 0.6) is 0 Å². The van der Waals surface area contributed by atoms with Crippen LogP contribution in [-0.4, -0.2) is 38.7 Å². The van der Waals surface area contributed by atoms with E-state index in [-0.39, 0.29) is 23.7 Å². The van der Waals surface area contributed by atoms with Gasteiger partial charge in [0.05, 0.1) is 23.4 Å². The Hall–Kier alpha value is -2.80. The molecule has 3 aromatic rings. The van der Waals surface area contributed by atoms with E-state index in [2.05, 4.69) is 15.3 Å². The Balaban J connectivity index is 1.19. The van der Waals surface area contributed by atoms with Crippen molar-refractivity contribution in [1.29, 1.82) is 0 Å². The highest BCUT2D eigenvalue weighted by Gasteiger charge is 2.26. The molecule has 1 saturated carbocycles. The lowest BCUT2D eigenvalue weighted by Gasteiger charge is -2.32. The number of likely N-dealkylation sites (tertiary alicyclic amines) is 1. The van der Waals surface area contributed by atoms with E-state index in [0.717, 1.165) is 80.6 Å². The summed E-state index contributed by atoms with van der Waals surface area (Å²) in [6.45, 7) is 2.68. The van der Waals surface area contributed by atoms with Gasteiger partial charge in [-0.15, -0.1) is 0 Å².